The summed E-state index contributed by atoms with van der Waals surface area (Å²) < 4.78 is 57.9. The van der Waals surface area contributed by atoms with Gasteiger partial charge in [0.15, 0.2) is 24.3 Å². The lowest BCUT2D eigenvalue weighted by Gasteiger charge is -2.68. The average Bonchev–Trinajstić information content (AvgIpc) is 4.12. The standard InChI is InChI=1S/C47H58NO18P/c1-8-59-43(54)65-37(35(28-15-11-9-12-16-28)48-40(51)29-17-13-10-14-18-29)42(53)64-31-22-47(55)26(3)38-45(7,39(50)36(63-27(4)49)34(25(31)2)44(47,5)6)32(61-24-62-67(56,57)58)21-33-46(38,23-60-33)66-41(52)30-19-20-30/h9-18,26,30-33,35-38,55H,8,19-24H2,1-7H3,(H,48,51)(H2,56,57,58)/t26?,31?,32-,33+,35-,36+,37+,38?,45+,46-,47+/m0/s1. The third kappa shape index (κ3) is 9.31. The van der Waals surface area contributed by atoms with E-state index in [9.17, 15) is 43.4 Å². The molecule has 20 heteroatoms. The van der Waals surface area contributed by atoms with Crippen LogP contribution in [-0.4, -0.2) is 112 Å². The topological polar surface area (TPSA) is 266 Å². The zero-order valence-electron chi connectivity index (χ0n) is 38.3. The number of aliphatic hydroxyl groups is 1. The number of fused-ring (bicyclic) bond motifs is 5. The quantitative estimate of drug-likeness (QED) is 0.0613. The molecule has 4 aliphatic carbocycles. The summed E-state index contributed by atoms with van der Waals surface area (Å²) in [6.45, 7) is 9.37. The SMILES string of the molecule is CCOC(=O)O[C@@H](C(=O)OC1C[C@@]2(O)C(C)C3[C@](C)(C(=O)[C@H](OC(C)=O)C(=C1C)C2(C)C)[C@@H](OCOP(=O)(O)O)C[C@H]1OC[C@@]31OC(=O)C1CC1)[C@@H](NC(=O)c1ccccc1)c1ccccc1. The molecule has 3 unspecified atom stereocenters. The van der Waals surface area contributed by atoms with Crippen LogP contribution in [-0.2, 0) is 61.4 Å². The van der Waals surface area contributed by atoms with Crippen LogP contribution in [0.2, 0.25) is 0 Å². The number of carbonyl (C=O) groups is 6. The van der Waals surface area contributed by atoms with Crippen LogP contribution < -0.4 is 5.32 Å². The Morgan fingerprint density at radius 2 is 1.61 bits per heavy atom. The van der Waals surface area contributed by atoms with Crippen molar-refractivity contribution in [2.24, 2.45) is 28.6 Å². The maximum atomic E-state index is 15.8. The molecule has 5 aliphatic rings. The third-order valence-electron chi connectivity index (χ3n) is 14.5. The van der Waals surface area contributed by atoms with Gasteiger partial charge in [-0.3, -0.25) is 23.7 Å². The second-order valence-corrected chi connectivity index (χ2v) is 19.9. The molecule has 1 amide bonds. The summed E-state index contributed by atoms with van der Waals surface area (Å²) in [5.74, 6) is -6.70. The summed E-state index contributed by atoms with van der Waals surface area (Å²) in [5.41, 5.74) is -6.10. The number of carbonyl (C=O) groups excluding carboxylic acids is 6. The molecule has 3 saturated carbocycles. The van der Waals surface area contributed by atoms with Crippen molar-refractivity contribution in [2.45, 2.75) is 122 Å². The molecule has 0 aromatic heterocycles. The minimum Gasteiger partial charge on any atom is -0.455 e. The fraction of sp³-hybridized carbons (Fsp3) is 0.574. The van der Waals surface area contributed by atoms with Crippen molar-refractivity contribution in [3.05, 3.63) is 82.9 Å². The molecule has 1 aliphatic heterocycles. The average molecular weight is 956 g/mol. The number of esters is 3. The highest BCUT2D eigenvalue weighted by Gasteiger charge is 2.77. The predicted molar refractivity (Wildman–Crippen MR) is 231 cm³/mol. The Hall–Kier alpha value is -5.01. The molecule has 11 atom stereocenters. The van der Waals surface area contributed by atoms with E-state index in [-0.39, 0.29) is 42.8 Å². The summed E-state index contributed by atoms with van der Waals surface area (Å²) in [5, 5.41) is 16.5. The minimum atomic E-state index is -5.07. The smallest absolute Gasteiger partial charge is 0.455 e. The number of hydrogen-bond acceptors (Lipinski definition) is 16. The third-order valence-corrected chi connectivity index (χ3v) is 14.9. The van der Waals surface area contributed by atoms with Crippen molar-refractivity contribution in [1.82, 2.24) is 5.32 Å². The fourth-order valence-corrected chi connectivity index (χ4v) is 11.2. The number of rotatable bonds is 15. The number of ketones is 1. The first-order chi connectivity index (χ1) is 31.5. The lowest BCUT2D eigenvalue weighted by atomic mass is 9.42. The van der Waals surface area contributed by atoms with Crippen molar-refractivity contribution in [3.63, 3.8) is 0 Å². The van der Waals surface area contributed by atoms with Crippen LogP contribution in [0.4, 0.5) is 4.79 Å². The zero-order valence-corrected chi connectivity index (χ0v) is 39.2. The van der Waals surface area contributed by atoms with Gasteiger partial charge in [-0.1, -0.05) is 69.3 Å². The highest BCUT2D eigenvalue weighted by atomic mass is 31.2. The molecule has 67 heavy (non-hydrogen) atoms. The summed E-state index contributed by atoms with van der Waals surface area (Å²) in [4.78, 5) is 104. The lowest BCUT2D eigenvalue weighted by molar-refractivity contribution is -0.344. The molecule has 0 spiro atoms. The second-order valence-electron chi connectivity index (χ2n) is 18.7. The highest BCUT2D eigenvalue weighted by Crippen LogP contribution is 2.66. The molecule has 19 nitrogen and oxygen atoms in total. The molecule has 0 radical (unpaired) electrons. The van der Waals surface area contributed by atoms with E-state index in [0.717, 1.165) is 6.92 Å². The van der Waals surface area contributed by atoms with E-state index in [1.165, 1.54) is 13.8 Å². The summed E-state index contributed by atoms with van der Waals surface area (Å²) >= 11 is 0. The van der Waals surface area contributed by atoms with Crippen LogP contribution in [0.5, 0.6) is 0 Å². The van der Waals surface area contributed by atoms with Gasteiger partial charge in [-0.15, -0.1) is 0 Å². The molecular weight excluding hydrogens is 897 g/mol. The van der Waals surface area contributed by atoms with Gasteiger partial charge in [-0.2, -0.15) is 0 Å². The Bertz CT molecular complexity index is 2330. The molecule has 2 aromatic carbocycles. The van der Waals surface area contributed by atoms with Gasteiger partial charge >= 0.3 is 31.9 Å². The van der Waals surface area contributed by atoms with Gasteiger partial charge in [0, 0.05) is 36.7 Å². The van der Waals surface area contributed by atoms with Gasteiger partial charge in [0.1, 0.15) is 18.2 Å². The van der Waals surface area contributed by atoms with Gasteiger partial charge in [-0.25, -0.2) is 14.2 Å². The van der Waals surface area contributed by atoms with E-state index < -0.39 is 127 Å². The van der Waals surface area contributed by atoms with Crippen LogP contribution >= 0.6 is 7.82 Å². The van der Waals surface area contributed by atoms with E-state index in [0.29, 0.717) is 18.4 Å². The van der Waals surface area contributed by atoms with Gasteiger partial charge in [0.05, 0.1) is 36.3 Å². The number of hydrogen-bond donors (Lipinski definition) is 4. The number of nitrogens with one attached hydrogen (secondary N) is 1. The molecular formula is C47H58NO18P. The monoisotopic (exact) mass is 955 g/mol. The Kier molecular flexibility index (Phi) is 14.0. The largest absolute Gasteiger partial charge is 0.509 e. The minimum absolute atomic E-state index is 0.0758. The molecule has 4 N–H and O–H groups in total. The van der Waals surface area contributed by atoms with Crippen molar-refractivity contribution in [2.75, 3.05) is 20.0 Å². The maximum Gasteiger partial charge on any atom is 0.509 e. The molecule has 1 heterocycles. The van der Waals surface area contributed by atoms with Crippen LogP contribution in [0, 0.1) is 28.6 Å². The molecule has 2 bridgehead atoms. The molecule has 1 saturated heterocycles. The van der Waals surface area contributed by atoms with Crippen LogP contribution in [0.15, 0.2) is 71.8 Å². The van der Waals surface area contributed by atoms with Gasteiger partial charge in [-0.05, 0) is 68.4 Å². The van der Waals surface area contributed by atoms with Crippen molar-refractivity contribution in [3.8, 4) is 0 Å². The number of Topliss-reactive ketones (excluding diaryl/α,β-unsaturated/α-hetero) is 1. The summed E-state index contributed by atoms with van der Waals surface area (Å²) in [6.07, 6.45) is -7.94. The molecule has 2 aromatic rings. The van der Waals surface area contributed by atoms with Gasteiger partial charge in [0.2, 0.25) is 6.10 Å². The highest BCUT2D eigenvalue weighted by molar-refractivity contribution is 7.46. The van der Waals surface area contributed by atoms with E-state index in [4.69, 9.17) is 33.2 Å². The van der Waals surface area contributed by atoms with Crippen molar-refractivity contribution < 1.29 is 85.9 Å². The molecule has 7 rings (SSSR count). The van der Waals surface area contributed by atoms with Gasteiger partial charge in [0.25, 0.3) is 5.91 Å². The Balaban J connectivity index is 1.36. The maximum absolute atomic E-state index is 15.8. The normalized spacial score (nSPS) is 31.8. The molecule has 364 valence electrons. The van der Waals surface area contributed by atoms with Gasteiger partial charge < -0.3 is 53.4 Å². The first-order valence-electron chi connectivity index (χ1n) is 22.3. The van der Waals surface area contributed by atoms with Crippen LogP contribution in [0.1, 0.15) is 96.1 Å². The Labute approximate surface area is 387 Å². The number of phosphoric ester groups is 1. The molecule has 4 fully saturated rings. The van der Waals surface area contributed by atoms with E-state index in [2.05, 4.69) is 9.84 Å². The summed E-state index contributed by atoms with van der Waals surface area (Å²) in [7, 11) is -5.07. The van der Waals surface area contributed by atoms with E-state index in [1.54, 1.807) is 88.4 Å². The lowest BCUT2D eigenvalue weighted by Crippen LogP contribution is -2.80. The van der Waals surface area contributed by atoms with Crippen LogP contribution in [0.25, 0.3) is 0 Å². The number of benzene rings is 2. The number of phosphoric acid groups is 1. The first kappa shape index (κ1) is 49.9. The predicted octanol–water partition coefficient (Wildman–Crippen LogP) is 4.81. The number of ether oxygens (including phenoxy) is 7. The first-order valence-corrected chi connectivity index (χ1v) is 23.8. The van der Waals surface area contributed by atoms with E-state index in [1.807, 2.05) is 0 Å². The Morgan fingerprint density at radius 3 is 2.18 bits per heavy atom. The second kappa shape index (κ2) is 18.8. The summed E-state index contributed by atoms with van der Waals surface area (Å²) in [6, 6.07) is 15.0. The fourth-order valence-electron chi connectivity index (χ4n) is 11.0. The van der Waals surface area contributed by atoms with Crippen LogP contribution in [0.3, 0.4) is 0 Å². The Morgan fingerprint density at radius 1 is 0.970 bits per heavy atom. The number of amides is 1. The van der Waals surface area contributed by atoms with Crippen molar-refractivity contribution >= 4 is 43.6 Å². The van der Waals surface area contributed by atoms with Crippen molar-refractivity contribution in [1.29, 1.82) is 0 Å². The zero-order chi connectivity index (χ0) is 48.9. The van der Waals surface area contributed by atoms with E-state index >= 15 is 4.79 Å².